The van der Waals surface area contributed by atoms with Crippen molar-refractivity contribution in [3.05, 3.63) is 35.9 Å². The Morgan fingerprint density at radius 3 is 2.71 bits per heavy atom. The summed E-state index contributed by atoms with van der Waals surface area (Å²) in [4.78, 5) is 0. The molecule has 14 heavy (non-hydrogen) atoms. The lowest BCUT2D eigenvalue weighted by Crippen LogP contribution is -2.32. The average molecular weight is 190 g/mol. The predicted molar refractivity (Wildman–Crippen MR) is 55.9 cm³/mol. The number of hydrogen-bond acceptors (Lipinski definition) is 1. The number of ether oxygens (including phenoxy) is 1. The standard InChI is InChI=1S/C13H16O/c1-2-4-11(5-3-1)10-14-12-8-13(9-12)6-7-13/h1-5,12H,6-10H2/i6D2. The molecule has 0 saturated heterocycles. The molecule has 1 heteroatoms. The SMILES string of the molecule is [2H]C1([2H])CC12CC(OCc1ccccc1)C2. The highest BCUT2D eigenvalue weighted by Crippen LogP contribution is 2.61. The van der Waals surface area contributed by atoms with Gasteiger partial charge < -0.3 is 4.74 Å². The van der Waals surface area contributed by atoms with Gasteiger partial charge in [-0.3, -0.25) is 0 Å². The van der Waals surface area contributed by atoms with Crippen LogP contribution in [0.3, 0.4) is 0 Å². The van der Waals surface area contributed by atoms with Gasteiger partial charge in [0.05, 0.1) is 12.7 Å². The van der Waals surface area contributed by atoms with Crippen LogP contribution in [0.25, 0.3) is 0 Å². The second kappa shape index (κ2) is 3.09. The Hall–Kier alpha value is -0.820. The molecule has 74 valence electrons. The van der Waals surface area contributed by atoms with E-state index < -0.39 is 6.37 Å². The molecule has 0 unspecified atom stereocenters. The topological polar surface area (TPSA) is 9.23 Å². The van der Waals surface area contributed by atoms with Crippen LogP contribution in [0.1, 0.15) is 33.9 Å². The molecule has 0 heterocycles. The lowest BCUT2D eigenvalue weighted by Gasteiger charge is -2.35. The van der Waals surface area contributed by atoms with Crippen LogP contribution in [0.5, 0.6) is 0 Å². The molecule has 2 saturated carbocycles. The van der Waals surface area contributed by atoms with Crippen LogP contribution in [0, 0.1) is 5.41 Å². The molecule has 0 N–H and O–H groups in total. The van der Waals surface area contributed by atoms with E-state index in [1.807, 2.05) is 18.2 Å². The minimum absolute atomic E-state index is 0.00560. The minimum Gasteiger partial charge on any atom is -0.374 e. The Bertz CT molecular complexity index is 382. The summed E-state index contributed by atoms with van der Waals surface area (Å²) in [5.74, 6) is 0. The maximum atomic E-state index is 7.65. The van der Waals surface area contributed by atoms with Gasteiger partial charge in [0.25, 0.3) is 0 Å². The summed E-state index contributed by atoms with van der Waals surface area (Å²) in [6.07, 6.45) is 1.93. The maximum Gasteiger partial charge on any atom is 0.0720 e. The van der Waals surface area contributed by atoms with E-state index in [1.165, 1.54) is 5.56 Å². The summed E-state index contributed by atoms with van der Waals surface area (Å²) in [5.41, 5.74) is 1.19. The van der Waals surface area contributed by atoms with Gasteiger partial charge in [-0.15, -0.1) is 0 Å². The van der Waals surface area contributed by atoms with Crippen molar-refractivity contribution >= 4 is 0 Å². The highest BCUT2D eigenvalue weighted by atomic mass is 16.5. The summed E-state index contributed by atoms with van der Waals surface area (Å²) >= 11 is 0. The van der Waals surface area contributed by atoms with Gasteiger partial charge in [-0.25, -0.2) is 0 Å². The third-order valence-electron chi connectivity index (χ3n) is 3.24. The van der Waals surface area contributed by atoms with Crippen LogP contribution in [0.2, 0.25) is 0 Å². The molecule has 1 aromatic carbocycles. The molecule has 0 bridgehead atoms. The van der Waals surface area contributed by atoms with Crippen LogP contribution in [0.4, 0.5) is 0 Å². The summed E-state index contributed by atoms with van der Waals surface area (Å²) in [6.45, 7) is 0.657. The predicted octanol–water partition coefficient (Wildman–Crippen LogP) is 3.15. The van der Waals surface area contributed by atoms with Gasteiger partial charge in [0.2, 0.25) is 0 Å². The highest BCUT2D eigenvalue weighted by Gasteiger charge is 2.53. The lowest BCUT2D eigenvalue weighted by molar-refractivity contribution is -0.0495. The zero-order chi connectivity index (χ0) is 11.2. The normalized spacial score (nSPS) is 39.9. The first-order valence-electron chi connectivity index (χ1n) is 6.27. The molecule has 2 aliphatic carbocycles. The van der Waals surface area contributed by atoms with E-state index in [4.69, 9.17) is 7.48 Å². The Balaban J connectivity index is 1.46. The van der Waals surface area contributed by atoms with Gasteiger partial charge in [0, 0.05) is 2.74 Å². The van der Waals surface area contributed by atoms with Crippen LogP contribution in [-0.2, 0) is 11.3 Å². The van der Waals surface area contributed by atoms with Crippen molar-refractivity contribution in [2.24, 2.45) is 5.41 Å². The van der Waals surface area contributed by atoms with Crippen molar-refractivity contribution in [2.75, 3.05) is 0 Å². The quantitative estimate of drug-likeness (QED) is 0.711. The molecule has 0 atom stereocenters. The van der Waals surface area contributed by atoms with Crippen molar-refractivity contribution in [3.63, 3.8) is 0 Å². The van der Waals surface area contributed by atoms with Gasteiger partial charge in [0.15, 0.2) is 0 Å². The molecule has 2 fully saturated rings. The smallest absolute Gasteiger partial charge is 0.0720 e. The fourth-order valence-corrected chi connectivity index (χ4v) is 2.13. The van der Waals surface area contributed by atoms with E-state index >= 15 is 0 Å². The Labute approximate surface area is 87.9 Å². The number of hydrogen-bond donors (Lipinski definition) is 0. The average Bonchev–Trinajstić information content (AvgIpc) is 2.79. The number of rotatable bonds is 3. The van der Waals surface area contributed by atoms with E-state index in [-0.39, 0.29) is 11.5 Å². The molecule has 2 aliphatic rings. The van der Waals surface area contributed by atoms with E-state index in [2.05, 4.69) is 12.1 Å². The van der Waals surface area contributed by atoms with Gasteiger partial charge in [-0.1, -0.05) is 30.3 Å². The minimum atomic E-state index is -0.903. The Morgan fingerprint density at radius 2 is 2.07 bits per heavy atom. The summed E-state index contributed by atoms with van der Waals surface area (Å²) in [5, 5.41) is 0. The molecule has 1 spiro atoms. The van der Waals surface area contributed by atoms with E-state index in [9.17, 15) is 0 Å². The Kier molecular flexibility index (Phi) is 1.46. The fraction of sp³-hybridized carbons (Fsp3) is 0.538. The summed E-state index contributed by atoms with van der Waals surface area (Å²) < 4.78 is 21.1. The molecular weight excluding hydrogens is 172 g/mol. The molecule has 1 nitrogen and oxygen atoms in total. The van der Waals surface area contributed by atoms with Gasteiger partial charge in [-0.05, 0) is 36.6 Å². The van der Waals surface area contributed by atoms with Crippen LogP contribution in [-0.4, -0.2) is 6.10 Å². The molecule has 0 amide bonds. The summed E-state index contributed by atoms with van der Waals surface area (Å²) in [6, 6.07) is 10.1. The molecule has 0 aliphatic heterocycles. The zero-order valence-electron chi connectivity index (χ0n) is 10.2. The van der Waals surface area contributed by atoms with Crippen molar-refractivity contribution < 1.29 is 7.48 Å². The van der Waals surface area contributed by atoms with Gasteiger partial charge in [-0.2, -0.15) is 0 Å². The molecular formula is C13H16O. The third kappa shape index (κ3) is 1.57. The van der Waals surface area contributed by atoms with Gasteiger partial charge in [0.1, 0.15) is 0 Å². The van der Waals surface area contributed by atoms with Crippen LogP contribution < -0.4 is 0 Å². The summed E-state index contributed by atoms with van der Waals surface area (Å²) in [7, 11) is 0. The van der Waals surface area contributed by atoms with Gasteiger partial charge >= 0.3 is 0 Å². The first kappa shape index (κ1) is 6.62. The van der Waals surface area contributed by atoms with Crippen molar-refractivity contribution in [3.8, 4) is 0 Å². The van der Waals surface area contributed by atoms with Crippen LogP contribution >= 0.6 is 0 Å². The molecule has 0 aromatic heterocycles. The fourth-order valence-electron chi connectivity index (χ4n) is 2.13. The highest BCUT2D eigenvalue weighted by molar-refractivity contribution is 5.13. The second-order valence-corrected chi connectivity index (χ2v) is 4.46. The van der Waals surface area contributed by atoms with Crippen molar-refractivity contribution in [2.45, 2.75) is 38.3 Å². The molecule has 1 aromatic rings. The lowest BCUT2D eigenvalue weighted by atomic mass is 9.79. The maximum absolute atomic E-state index is 7.65. The van der Waals surface area contributed by atoms with E-state index in [1.54, 1.807) is 0 Å². The number of benzene rings is 1. The first-order chi connectivity index (χ1) is 7.61. The van der Waals surface area contributed by atoms with Crippen LogP contribution in [0.15, 0.2) is 30.3 Å². The van der Waals surface area contributed by atoms with Crippen molar-refractivity contribution in [1.29, 1.82) is 0 Å². The molecule has 3 rings (SSSR count). The third-order valence-corrected chi connectivity index (χ3v) is 3.24. The van der Waals surface area contributed by atoms with E-state index in [0.29, 0.717) is 6.61 Å². The first-order valence-corrected chi connectivity index (χ1v) is 5.27. The molecule has 0 radical (unpaired) electrons. The second-order valence-electron chi connectivity index (χ2n) is 4.46. The largest absolute Gasteiger partial charge is 0.374 e. The van der Waals surface area contributed by atoms with E-state index in [0.717, 1.165) is 19.3 Å². The van der Waals surface area contributed by atoms with Crippen molar-refractivity contribution in [1.82, 2.24) is 0 Å². The Morgan fingerprint density at radius 1 is 1.36 bits per heavy atom. The zero-order valence-corrected chi connectivity index (χ0v) is 8.20. The monoisotopic (exact) mass is 190 g/mol.